The van der Waals surface area contributed by atoms with Crippen LogP contribution in [0.3, 0.4) is 0 Å². The molecule has 0 saturated heterocycles. The molecular formula is C37H36N2O10S3. The summed E-state index contributed by atoms with van der Waals surface area (Å²) in [7, 11) is -14.4. The fourth-order valence-corrected chi connectivity index (χ4v) is 8.86. The van der Waals surface area contributed by atoms with Gasteiger partial charge in [-0.15, -0.1) is 0 Å². The molecule has 2 atom stereocenters. The van der Waals surface area contributed by atoms with Gasteiger partial charge in [0.15, 0.2) is 0 Å². The van der Waals surface area contributed by atoms with Gasteiger partial charge in [-0.05, 0) is 88.2 Å². The molecule has 0 aromatic heterocycles. The average molecular weight is 765 g/mol. The number of aryl methyl sites for hydroxylation is 2. The zero-order chi connectivity index (χ0) is 38.0. The predicted octanol–water partition coefficient (Wildman–Crippen LogP) is 7.48. The fourth-order valence-electron chi connectivity index (χ4n) is 6.57. The summed E-state index contributed by atoms with van der Waals surface area (Å²) in [4.78, 5) is 3.29. The third kappa shape index (κ3) is 7.07. The van der Waals surface area contributed by atoms with Gasteiger partial charge in [0.25, 0.3) is 30.4 Å². The van der Waals surface area contributed by atoms with E-state index in [4.69, 9.17) is 9.41 Å². The zero-order valence-electron chi connectivity index (χ0n) is 28.7. The molecule has 0 amide bonds. The molecular weight excluding hydrogens is 729 g/mol. The molecule has 0 fully saturated rings. The van der Waals surface area contributed by atoms with Crippen molar-refractivity contribution in [2.24, 2.45) is 10.9 Å². The summed E-state index contributed by atoms with van der Waals surface area (Å²) in [6.07, 6.45) is 3.64. The van der Waals surface area contributed by atoms with Crippen LogP contribution in [0.1, 0.15) is 38.3 Å². The Morgan fingerprint density at radius 3 is 2.17 bits per heavy atom. The predicted molar refractivity (Wildman–Crippen MR) is 198 cm³/mol. The van der Waals surface area contributed by atoms with Crippen LogP contribution in [0.4, 0.5) is 11.4 Å². The Hall–Kier alpha value is -4.64. The summed E-state index contributed by atoms with van der Waals surface area (Å²) in [5.41, 5.74) is 5.32. The van der Waals surface area contributed by atoms with Crippen molar-refractivity contribution < 1.29 is 43.3 Å². The highest BCUT2D eigenvalue weighted by Gasteiger charge is 2.45. The second-order valence-corrected chi connectivity index (χ2v) is 18.0. The van der Waals surface area contributed by atoms with Crippen LogP contribution in [0.25, 0.3) is 33.4 Å². The first-order valence-corrected chi connectivity index (χ1v) is 20.3. The summed E-state index contributed by atoms with van der Waals surface area (Å²) in [5.74, 6) is -0.408. The number of hydrogen-bond acceptors (Lipinski definition) is 9. The van der Waals surface area contributed by atoms with Crippen molar-refractivity contribution in [1.82, 2.24) is 0 Å². The van der Waals surface area contributed by atoms with Gasteiger partial charge in [-0.1, -0.05) is 42.3 Å². The van der Waals surface area contributed by atoms with Crippen molar-refractivity contribution >= 4 is 52.7 Å². The number of fused-ring (bicyclic) bond motifs is 2. The van der Waals surface area contributed by atoms with Gasteiger partial charge in [-0.3, -0.25) is 13.7 Å². The molecule has 2 unspecified atom stereocenters. The van der Waals surface area contributed by atoms with Crippen molar-refractivity contribution in [2.75, 3.05) is 5.32 Å². The molecule has 52 heavy (non-hydrogen) atoms. The van der Waals surface area contributed by atoms with Crippen LogP contribution in [-0.2, 0) is 30.4 Å². The summed E-state index contributed by atoms with van der Waals surface area (Å²) < 4.78 is 110. The third-order valence-corrected chi connectivity index (χ3v) is 13.0. The number of hydrogen-bond donors (Lipinski definition) is 4. The lowest BCUT2D eigenvalue weighted by Gasteiger charge is -2.33. The molecule has 0 radical (unpaired) electrons. The quantitative estimate of drug-likeness (QED) is 0.0946. The van der Waals surface area contributed by atoms with Gasteiger partial charge in [0.05, 0.1) is 15.9 Å². The molecule has 0 spiro atoms. The summed E-state index contributed by atoms with van der Waals surface area (Å²) >= 11 is 0. The van der Waals surface area contributed by atoms with E-state index in [0.717, 1.165) is 28.5 Å². The number of allylic oxidation sites excluding steroid dienone is 4. The van der Waals surface area contributed by atoms with Crippen LogP contribution in [0.5, 0.6) is 0 Å². The number of nitrogens with zero attached hydrogens (tertiary/aromatic N) is 1. The number of anilines is 1. The van der Waals surface area contributed by atoms with Crippen LogP contribution in [0.15, 0.2) is 115 Å². The van der Waals surface area contributed by atoms with Crippen molar-refractivity contribution in [3.8, 4) is 22.5 Å². The molecule has 1 aliphatic heterocycles. The molecule has 272 valence electrons. The Morgan fingerprint density at radius 2 is 1.52 bits per heavy atom. The van der Waals surface area contributed by atoms with Gasteiger partial charge < -0.3 is 9.73 Å². The lowest BCUT2D eigenvalue weighted by atomic mass is 9.88. The maximum Gasteiger partial charge on any atom is 0.295 e. The molecule has 0 saturated carbocycles. The highest BCUT2D eigenvalue weighted by Crippen LogP contribution is 2.44. The van der Waals surface area contributed by atoms with Crippen LogP contribution in [-0.4, -0.2) is 43.7 Å². The second kappa shape index (κ2) is 13.1. The lowest BCUT2D eigenvalue weighted by Crippen LogP contribution is -2.43. The van der Waals surface area contributed by atoms with Gasteiger partial charge in [-0.25, -0.2) is 4.99 Å². The Labute approximate surface area is 301 Å². The number of benzene rings is 4. The SMILES string of the molecule is CC1=CC=C(Nc2ccc3c(-c4ccc(S(=O)(=O)O)cc4S(=O)(=O)O)c4ccc(=Nc5ccc(C)cc5C)cc-4oc3c2)C(C)C(C)(S(=O)(=O)O)C1. The van der Waals surface area contributed by atoms with Gasteiger partial charge in [0.1, 0.15) is 21.0 Å². The monoisotopic (exact) mass is 764 g/mol. The van der Waals surface area contributed by atoms with Gasteiger partial charge in [0.2, 0.25) is 0 Å². The van der Waals surface area contributed by atoms with Gasteiger partial charge in [-0.2, -0.15) is 25.3 Å². The van der Waals surface area contributed by atoms with Crippen molar-refractivity contribution in [3.05, 3.63) is 113 Å². The topological polar surface area (TPSA) is 201 Å². The van der Waals surface area contributed by atoms with Crippen LogP contribution < -0.4 is 10.7 Å². The molecule has 6 rings (SSSR count). The standard InChI is InChI=1S/C37H36N2O10S3/c1-21-6-14-31(23(3)16-21)38-25-8-11-28-33(17-25)49-34-18-26(39-32-15-7-22(2)20-37(5,24(32)4)52(46,47)48)9-12-29(34)36(28)30-13-10-27(50(40,41)42)19-35(30)51(43,44)45/h6-19,24,39H,20H2,1-5H3,(H,40,41,42)(H,43,44,45)(H,46,47,48). The maximum atomic E-state index is 12.7. The fraction of sp³-hybridized carbons (Fsp3) is 0.216. The first-order chi connectivity index (χ1) is 24.2. The number of rotatable bonds is 7. The van der Waals surface area contributed by atoms with Crippen molar-refractivity contribution in [2.45, 2.75) is 55.6 Å². The molecule has 2 aliphatic carbocycles. The lowest BCUT2D eigenvalue weighted by molar-refractivity contribution is 0.384. The Kier molecular flexibility index (Phi) is 9.35. The molecule has 15 heteroatoms. The van der Waals surface area contributed by atoms with Crippen molar-refractivity contribution in [1.29, 1.82) is 0 Å². The summed E-state index contributed by atoms with van der Waals surface area (Å²) in [6, 6.07) is 18.7. The first-order valence-electron chi connectivity index (χ1n) is 16.0. The largest absolute Gasteiger partial charge is 0.456 e. The molecule has 3 aromatic carbocycles. The van der Waals surface area contributed by atoms with Crippen LogP contribution in [0, 0.1) is 19.8 Å². The van der Waals surface area contributed by atoms with E-state index in [1.807, 2.05) is 32.0 Å². The van der Waals surface area contributed by atoms with E-state index in [2.05, 4.69) is 5.32 Å². The molecule has 4 N–H and O–H groups in total. The summed E-state index contributed by atoms with van der Waals surface area (Å²) in [6.45, 7) is 8.87. The normalized spacial score (nSPS) is 19.0. The zero-order valence-corrected chi connectivity index (χ0v) is 31.2. The minimum Gasteiger partial charge on any atom is -0.456 e. The molecule has 0 bridgehead atoms. The van der Waals surface area contributed by atoms with Crippen LogP contribution in [0.2, 0.25) is 0 Å². The van der Waals surface area contributed by atoms with E-state index in [1.165, 1.54) is 13.0 Å². The van der Waals surface area contributed by atoms with Gasteiger partial charge >= 0.3 is 0 Å². The minimum absolute atomic E-state index is 0.0647. The maximum absolute atomic E-state index is 12.7. The smallest absolute Gasteiger partial charge is 0.295 e. The molecule has 12 nitrogen and oxygen atoms in total. The van der Waals surface area contributed by atoms with Crippen LogP contribution >= 0.6 is 0 Å². The number of nitrogens with one attached hydrogen (secondary N) is 1. The van der Waals surface area contributed by atoms with Gasteiger partial charge in [0, 0.05) is 51.5 Å². The molecule has 3 aromatic rings. The highest BCUT2D eigenvalue weighted by molar-refractivity contribution is 7.87. The van der Waals surface area contributed by atoms with E-state index in [-0.39, 0.29) is 28.9 Å². The molecule has 3 aliphatic rings. The summed E-state index contributed by atoms with van der Waals surface area (Å²) in [5, 5.41) is 4.16. The Morgan fingerprint density at radius 1 is 0.808 bits per heavy atom. The average Bonchev–Trinajstić information content (AvgIpc) is 3.15. The van der Waals surface area contributed by atoms with Crippen molar-refractivity contribution in [3.63, 3.8) is 0 Å². The van der Waals surface area contributed by atoms with E-state index in [9.17, 15) is 38.9 Å². The Balaban J connectivity index is 1.61. The third-order valence-electron chi connectivity index (χ3n) is 9.54. The molecule has 1 heterocycles. The van der Waals surface area contributed by atoms with E-state index < -0.39 is 50.8 Å². The van der Waals surface area contributed by atoms with E-state index >= 15 is 0 Å². The minimum atomic E-state index is -5.04. The Bertz CT molecular complexity index is 2730. The second-order valence-electron chi connectivity index (χ2n) is 13.3. The van der Waals surface area contributed by atoms with E-state index in [1.54, 1.807) is 62.4 Å². The first kappa shape index (κ1) is 37.1. The van der Waals surface area contributed by atoms with E-state index in [0.29, 0.717) is 33.8 Å². The highest BCUT2D eigenvalue weighted by atomic mass is 32.2.